The molecule has 0 radical (unpaired) electrons. The Morgan fingerprint density at radius 2 is 1.45 bits per heavy atom. The molecule has 5 nitrogen and oxygen atoms in total. The van der Waals surface area contributed by atoms with Crippen LogP contribution in [0.2, 0.25) is 0 Å². The Bertz CT molecular complexity index is 945. The van der Waals surface area contributed by atoms with E-state index >= 15 is 0 Å². The molecule has 0 aliphatic carbocycles. The van der Waals surface area contributed by atoms with Crippen molar-refractivity contribution in [2.75, 3.05) is 5.75 Å². The molecular weight excluding hydrogens is 450 g/mol. The Balaban J connectivity index is 2.22. The van der Waals surface area contributed by atoms with Gasteiger partial charge in [0.25, 0.3) is 5.91 Å². The molecular formula is C19H16F6N2O3S. The van der Waals surface area contributed by atoms with Gasteiger partial charge < -0.3 is 11.1 Å². The lowest BCUT2D eigenvalue weighted by Gasteiger charge is -2.17. The topological polar surface area (TPSA) is 89.3 Å². The molecule has 31 heavy (non-hydrogen) atoms. The van der Waals surface area contributed by atoms with Crippen LogP contribution in [-0.2, 0) is 27.9 Å². The number of carbonyl (C=O) groups is 2. The summed E-state index contributed by atoms with van der Waals surface area (Å²) in [5.41, 5.74) is 0.881. The van der Waals surface area contributed by atoms with E-state index in [9.17, 15) is 40.1 Å². The number of carbonyl (C=O) groups excluding carboxylic acids is 2. The number of primary amides is 1. The van der Waals surface area contributed by atoms with Crippen LogP contribution in [0.3, 0.4) is 0 Å². The monoisotopic (exact) mass is 466 g/mol. The highest BCUT2D eigenvalue weighted by Crippen LogP contribution is 2.36. The largest absolute Gasteiger partial charge is 0.416 e. The van der Waals surface area contributed by atoms with Crippen LogP contribution in [0.15, 0.2) is 53.4 Å². The normalized spacial score (nSPS) is 14.0. The van der Waals surface area contributed by atoms with Crippen LogP contribution in [-0.4, -0.2) is 27.8 Å². The van der Waals surface area contributed by atoms with Crippen LogP contribution < -0.4 is 11.1 Å². The van der Waals surface area contributed by atoms with Gasteiger partial charge in [-0.15, -0.1) is 0 Å². The summed E-state index contributed by atoms with van der Waals surface area (Å²) in [4.78, 5) is 24.4. The first-order valence-corrected chi connectivity index (χ1v) is 9.94. The predicted molar refractivity (Wildman–Crippen MR) is 99.2 cm³/mol. The number of nitrogens with one attached hydrogen (secondary N) is 1. The van der Waals surface area contributed by atoms with Gasteiger partial charge in [0.15, 0.2) is 0 Å². The molecule has 0 saturated carbocycles. The number of alkyl halides is 6. The Labute approximate surface area is 175 Å². The molecule has 0 saturated heterocycles. The second kappa shape index (κ2) is 9.50. The fourth-order valence-electron chi connectivity index (χ4n) is 2.53. The average Bonchev–Trinajstić information content (AvgIpc) is 2.69. The minimum atomic E-state index is -5.13. The minimum absolute atomic E-state index is 0.120. The Kier molecular flexibility index (Phi) is 7.47. The first-order chi connectivity index (χ1) is 14.3. The lowest BCUT2D eigenvalue weighted by Crippen LogP contribution is -2.45. The molecule has 2 atom stereocenters. The van der Waals surface area contributed by atoms with Crippen molar-refractivity contribution in [3.8, 4) is 0 Å². The van der Waals surface area contributed by atoms with E-state index in [1.807, 2.05) is 5.32 Å². The van der Waals surface area contributed by atoms with E-state index < -0.39 is 57.7 Å². The van der Waals surface area contributed by atoms with Gasteiger partial charge >= 0.3 is 12.4 Å². The van der Waals surface area contributed by atoms with Gasteiger partial charge in [0.05, 0.1) is 21.9 Å². The van der Waals surface area contributed by atoms with E-state index in [-0.39, 0.29) is 30.4 Å². The zero-order valence-corrected chi connectivity index (χ0v) is 16.4. The summed E-state index contributed by atoms with van der Waals surface area (Å²) >= 11 is 0. The molecule has 2 aromatic rings. The molecule has 2 amide bonds. The van der Waals surface area contributed by atoms with Crippen molar-refractivity contribution in [3.63, 3.8) is 0 Å². The maximum Gasteiger partial charge on any atom is 0.416 e. The lowest BCUT2D eigenvalue weighted by molar-refractivity contribution is -0.143. The van der Waals surface area contributed by atoms with Gasteiger partial charge in [-0.25, -0.2) is 0 Å². The molecule has 0 unspecified atom stereocenters. The zero-order valence-electron chi connectivity index (χ0n) is 15.6. The Morgan fingerprint density at radius 1 is 0.935 bits per heavy atom. The van der Waals surface area contributed by atoms with Gasteiger partial charge in [-0.05, 0) is 36.8 Å². The van der Waals surface area contributed by atoms with E-state index in [2.05, 4.69) is 0 Å². The number of halogens is 6. The Hall–Kier alpha value is -2.89. The second-order valence-corrected chi connectivity index (χ2v) is 7.95. The molecule has 2 rings (SSSR count). The van der Waals surface area contributed by atoms with Crippen molar-refractivity contribution in [2.45, 2.75) is 29.7 Å². The zero-order chi connectivity index (χ0) is 23.4. The van der Waals surface area contributed by atoms with Crippen molar-refractivity contribution in [2.24, 2.45) is 5.73 Å². The summed E-state index contributed by atoms with van der Waals surface area (Å²) in [6.45, 7) is 0. The van der Waals surface area contributed by atoms with Crippen LogP contribution in [0.1, 0.15) is 27.9 Å². The van der Waals surface area contributed by atoms with E-state index in [1.165, 1.54) is 0 Å². The highest BCUT2D eigenvalue weighted by molar-refractivity contribution is 7.85. The summed E-state index contributed by atoms with van der Waals surface area (Å²) in [5.74, 6) is -2.57. The first-order valence-electron chi connectivity index (χ1n) is 8.62. The van der Waals surface area contributed by atoms with Gasteiger partial charge in [0.2, 0.25) is 5.91 Å². The molecule has 0 aliphatic heterocycles. The SMILES string of the molecule is NC(=O)[C@@H](CC[S@@](=O)c1ccccc1)NC(=O)c1cc(C(F)(F)F)cc(C(F)(F)F)c1. The van der Waals surface area contributed by atoms with Crippen molar-refractivity contribution >= 4 is 22.6 Å². The van der Waals surface area contributed by atoms with Crippen LogP contribution >= 0.6 is 0 Å². The van der Waals surface area contributed by atoms with E-state index in [4.69, 9.17) is 5.73 Å². The van der Waals surface area contributed by atoms with E-state index in [1.54, 1.807) is 30.3 Å². The number of nitrogens with two attached hydrogens (primary N) is 1. The van der Waals surface area contributed by atoms with Gasteiger partial charge in [-0.3, -0.25) is 13.8 Å². The van der Waals surface area contributed by atoms with Crippen molar-refractivity contribution in [1.29, 1.82) is 0 Å². The maximum atomic E-state index is 13.0. The number of rotatable bonds is 7. The molecule has 0 aliphatic rings. The van der Waals surface area contributed by atoms with Crippen LogP contribution in [0, 0.1) is 0 Å². The van der Waals surface area contributed by atoms with E-state index in [0.29, 0.717) is 4.90 Å². The third kappa shape index (κ3) is 6.81. The molecule has 3 N–H and O–H groups in total. The summed E-state index contributed by atoms with van der Waals surface area (Å²) in [7, 11) is -1.57. The average molecular weight is 466 g/mol. The maximum absolute atomic E-state index is 13.0. The van der Waals surface area contributed by atoms with Gasteiger partial charge in [0, 0.05) is 16.2 Å². The highest BCUT2D eigenvalue weighted by atomic mass is 32.2. The summed E-state index contributed by atoms with van der Waals surface area (Å²) in [6, 6.07) is 6.99. The first kappa shape index (κ1) is 24.4. The Morgan fingerprint density at radius 3 is 1.90 bits per heavy atom. The summed E-state index contributed by atoms with van der Waals surface area (Å²) in [5, 5.41) is 2.01. The quantitative estimate of drug-likeness (QED) is 0.613. The van der Waals surface area contributed by atoms with Gasteiger partial charge in [-0.1, -0.05) is 18.2 Å². The second-order valence-electron chi connectivity index (χ2n) is 6.37. The molecule has 168 valence electrons. The predicted octanol–water partition coefficient (Wildman–Crippen LogP) is 3.51. The van der Waals surface area contributed by atoms with Gasteiger partial charge in [0.1, 0.15) is 6.04 Å². The molecule has 0 fully saturated rings. The van der Waals surface area contributed by atoms with E-state index in [0.717, 1.165) is 0 Å². The van der Waals surface area contributed by atoms with Crippen LogP contribution in [0.5, 0.6) is 0 Å². The number of hydrogen-bond acceptors (Lipinski definition) is 3. The molecule has 12 heteroatoms. The lowest BCUT2D eigenvalue weighted by atomic mass is 10.0. The molecule has 0 heterocycles. The number of hydrogen-bond donors (Lipinski definition) is 2. The molecule has 0 spiro atoms. The third-order valence-corrected chi connectivity index (χ3v) is 5.50. The third-order valence-electron chi connectivity index (χ3n) is 4.10. The fourth-order valence-corrected chi connectivity index (χ4v) is 3.67. The minimum Gasteiger partial charge on any atom is -0.368 e. The highest BCUT2D eigenvalue weighted by Gasteiger charge is 2.37. The van der Waals surface area contributed by atoms with Crippen LogP contribution in [0.25, 0.3) is 0 Å². The van der Waals surface area contributed by atoms with Crippen molar-refractivity contribution < 1.29 is 40.1 Å². The van der Waals surface area contributed by atoms with Crippen molar-refractivity contribution in [1.82, 2.24) is 5.32 Å². The smallest absolute Gasteiger partial charge is 0.368 e. The number of benzene rings is 2. The summed E-state index contributed by atoms with van der Waals surface area (Å²) in [6.07, 6.45) is -10.5. The van der Waals surface area contributed by atoms with Crippen LogP contribution in [0.4, 0.5) is 26.3 Å². The molecule has 0 aromatic heterocycles. The fraction of sp³-hybridized carbons (Fsp3) is 0.263. The van der Waals surface area contributed by atoms with Gasteiger partial charge in [-0.2, -0.15) is 26.3 Å². The standard InChI is InChI=1S/C19H16F6N2O3S/c20-18(21,22)12-8-11(9-13(10-12)19(23,24)25)17(29)27-15(16(26)28)6-7-31(30)14-4-2-1-3-5-14/h1-5,8-10,15H,6-7H2,(H2,26,28)(H,27,29)/t15-,31-/m1/s1. The van der Waals surface area contributed by atoms with Crippen molar-refractivity contribution in [3.05, 3.63) is 65.2 Å². The number of amides is 2. The molecule has 0 bridgehead atoms. The summed E-state index contributed by atoms with van der Waals surface area (Å²) < 4.78 is 90.0. The molecule has 2 aromatic carbocycles.